The van der Waals surface area contributed by atoms with Crippen molar-refractivity contribution in [3.8, 4) is 0 Å². The van der Waals surface area contributed by atoms with Gasteiger partial charge in [-0.05, 0) is 25.2 Å². The standard InChI is InChI=1S/C15H26N2S/c1-5-11-6-7-15(16,8-11)9-13-17-12(10-18-13)14(2,3)4/h10-11H,5-9,16H2,1-4H3. The maximum absolute atomic E-state index is 6.54. The van der Waals surface area contributed by atoms with Crippen molar-refractivity contribution >= 4 is 11.3 Å². The number of nitrogens with zero attached hydrogens (tertiary/aromatic N) is 1. The fraction of sp³-hybridized carbons (Fsp3) is 0.800. The highest BCUT2D eigenvalue weighted by Crippen LogP contribution is 2.37. The second kappa shape index (κ2) is 4.93. The van der Waals surface area contributed by atoms with E-state index in [4.69, 9.17) is 10.7 Å². The van der Waals surface area contributed by atoms with Gasteiger partial charge in [-0.25, -0.2) is 4.98 Å². The van der Waals surface area contributed by atoms with Crippen LogP contribution in [0.15, 0.2) is 5.38 Å². The number of rotatable bonds is 3. The highest BCUT2D eigenvalue weighted by atomic mass is 32.1. The van der Waals surface area contributed by atoms with Gasteiger partial charge in [0.1, 0.15) is 0 Å². The van der Waals surface area contributed by atoms with Crippen LogP contribution in [0.2, 0.25) is 0 Å². The monoisotopic (exact) mass is 266 g/mol. The molecule has 2 atom stereocenters. The van der Waals surface area contributed by atoms with E-state index in [1.807, 2.05) is 0 Å². The molecule has 1 aliphatic rings. The second-order valence-electron chi connectivity index (χ2n) is 6.93. The van der Waals surface area contributed by atoms with E-state index < -0.39 is 0 Å². The van der Waals surface area contributed by atoms with Crippen molar-refractivity contribution in [2.24, 2.45) is 11.7 Å². The van der Waals surface area contributed by atoms with Gasteiger partial charge in [0.25, 0.3) is 0 Å². The second-order valence-corrected chi connectivity index (χ2v) is 7.88. The molecule has 0 spiro atoms. The molecule has 18 heavy (non-hydrogen) atoms. The third-order valence-corrected chi connectivity index (χ3v) is 5.00. The molecule has 102 valence electrons. The Bertz CT molecular complexity index is 405. The molecule has 0 bridgehead atoms. The Labute approximate surface area is 115 Å². The first-order valence-corrected chi connectivity index (χ1v) is 7.94. The molecule has 0 amide bonds. The predicted octanol–water partition coefficient (Wildman–Crippen LogP) is 3.89. The maximum atomic E-state index is 6.54. The van der Waals surface area contributed by atoms with E-state index >= 15 is 0 Å². The highest BCUT2D eigenvalue weighted by Gasteiger charge is 2.35. The summed E-state index contributed by atoms with van der Waals surface area (Å²) >= 11 is 1.78. The van der Waals surface area contributed by atoms with Crippen LogP contribution in [0.4, 0.5) is 0 Å². The maximum Gasteiger partial charge on any atom is 0.0946 e. The quantitative estimate of drug-likeness (QED) is 0.901. The van der Waals surface area contributed by atoms with Crippen molar-refractivity contribution in [1.82, 2.24) is 4.98 Å². The van der Waals surface area contributed by atoms with Crippen molar-refractivity contribution in [2.45, 2.75) is 70.8 Å². The van der Waals surface area contributed by atoms with E-state index in [1.54, 1.807) is 11.3 Å². The number of hydrogen-bond donors (Lipinski definition) is 1. The van der Waals surface area contributed by atoms with E-state index in [2.05, 4.69) is 33.1 Å². The molecule has 2 rings (SSSR count). The molecule has 2 N–H and O–H groups in total. The van der Waals surface area contributed by atoms with Gasteiger partial charge in [0, 0.05) is 22.8 Å². The topological polar surface area (TPSA) is 38.9 Å². The molecule has 1 heterocycles. The van der Waals surface area contributed by atoms with E-state index in [-0.39, 0.29) is 11.0 Å². The normalized spacial score (nSPS) is 28.8. The molecule has 2 nitrogen and oxygen atoms in total. The van der Waals surface area contributed by atoms with Gasteiger partial charge >= 0.3 is 0 Å². The lowest BCUT2D eigenvalue weighted by molar-refractivity contribution is 0.405. The van der Waals surface area contributed by atoms with Crippen LogP contribution in [0, 0.1) is 5.92 Å². The Morgan fingerprint density at radius 3 is 2.72 bits per heavy atom. The first kappa shape index (κ1) is 14.0. The minimum atomic E-state index is 0.00762. The SMILES string of the molecule is CCC1CCC(N)(Cc2nc(C(C)(C)C)cs2)C1. The summed E-state index contributed by atoms with van der Waals surface area (Å²) < 4.78 is 0. The molecule has 1 aromatic rings. The Morgan fingerprint density at radius 2 is 2.22 bits per heavy atom. The number of aromatic nitrogens is 1. The van der Waals surface area contributed by atoms with Crippen LogP contribution in [0.25, 0.3) is 0 Å². The lowest BCUT2D eigenvalue weighted by Gasteiger charge is -2.23. The average Bonchev–Trinajstić information content (AvgIpc) is 2.85. The Morgan fingerprint density at radius 1 is 1.50 bits per heavy atom. The number of hydrogen-bond acceptors (Lipinski definition) is 3. The van der Waals surface area contributed by atoms with Gasteiger partial charge in [0.2, 0.25) is 0 Å². The summed E-state index contributed by atoms with van der Waals surface area (Å²) in [6, 6.07) is 0. The fourth-order valence-corrected chi connectivity index (χ4v) is 3.99. The molecular weight excluding hydrogens is 240 g/mol. The fourth-order valence-electron chi connectivity index (χ4n) is 2.82. The van der Waals surface area contributed by atoms with E-state index in [0.29, 0.717) is 0 Å². The summed E-state index contributed by atoms with van der Waals surface area (Å²) in [6.45, 7) is 8.92. The molecule has 0 saturated heterocycles. The summed E-state index contributed by atoms with van der Waals surface area (Å²) in [7, 11) is 0. The van der Waals surface area contributed by atoms with Gasteiger partial charge in [-0.1, -0.05) is 34.1 Å². The van der Waals surface area contributed by atoms with E-state index in [9.17, 15) is 0 Å². The van der Waals surface area contributed by atoms with Crippen molar-refractivity contribution in [1.29, 1.82) is 0 Å². The lowest BCUT2D eigenvalue weighted by Crippen LogP contribution is -2.39. The van der Waals surface area contributed by atoms with Crippen LogP contribution in [0.3, 0.4) is 0 Å². The summed E-state index contributed by atoms with van der Waals surface area (Å²) in [5.74, 6) is 0.831. The Balaban J connectivity index is 2.04. The van der Waals surface area contributed by atoms with Crippen LogP contribution < -0.4 is 5.73 Å². The minimum Gasteiger partial charge on any atom is -0.325 e. The number of thiazole rings is 1. The first-order chi connectivity index (χ1) is 8.32. The molecule has 0 aliphatic heterocycles. The van der Waals surface area contributed by atoms with Crippen LogP contribution in [0.5, 0.6) is 0 Å². The molecule has 1 saturated carbocycles. The first-order valence-electron chi connectivity index (χ1n) is 7.06. The summed E-state index contributed by atoms with van der Waals surface area (Å²) in [6.07, 6.45) is 5.86. The molecule has 1 aromatic heterocycles. The smallest absolute Gasteiger partial charge is 0.0946 e. The molecule has 0 aromatic carbocycles. The zero-order chi connectivity index (χ0) is 13.4. The average molecular weight is 266 g/mol. The van der Waals surface area contributed by atoms with Crippen LogP contribution in [-0.2, 0) is 11.8 Å². The molecule has 1 aliphatic carbocycles. The van der Waals surface area contributed by atoms with Crippen LogP contribution >= 0.6 is 11.3 Å². The van der Waals surface area contributed by atoms with Crippen LogP contribution in [-0.4, -0.2) is 10.5 Å². The van der Waals surface area contributed by atoms with Gasteiger partial charge in [-0.3, -0.25) is 0 Å². The number of nitrogens with two attached hydrogens (primary N) is 1. The third kappa shape index (κ3) is 3.12. The van der Waals surface area contributed by atoms with Crippen molar-refractivity contribution in [2.75, 3.05) is 0 Å². The molecule has 1 fully saturated rings. The minimum absolute atomic E-state index is 0.00762. The van der Waals surface area contributed by atoms with Gasteiger partial charge < -0.3 is 5.73 Å². The molecule has 0 radical (unpaired) electrons. The zero-order valence-corrected chi connectivity index (χ0v) is 12.9. The lowest BCUT2D eigenvalue weighted by atomic mass is 9.92. The zero-order valence-electron chi connectivity index (χ0n) is 12.1. The van der Waals surface area contributed by atoms with Crippen LogP contribution in [0.1, 0.15) is 64.1 Å². The summed E-state index contributed by atoms with van der Waals surface area (Å²) in [4.78, 5) is 4.78. The molecular formula is C15H26N2S. The Hall–Kier alpha value is -0.410. The van der Waals surface area contributed by atoms with E-state index in [1.165, 1.54) is 30.0 Å². The van der Waals surface area contributed by atoms with E-state index in [0.717, 1.165) is 18.8 Å². The predicted molar refractivity (Wildman–Crippen MR) is 79.1 cm³/mol. The van der Waals surface area contributed by atoms with Gasteiger partial charge in [-0.15, -0.1) is 11.3 Å². The van der Waals surface area contributed by atoms with Crippen molar-refractivity contribution in [3.05, 3.63) is 16.1 Å². The third-order valence-electron chi connectivity index (χ3n) is 4.15. The summed E-state index contributed by atoms with van der Waals surface area (Å²) in [5, 5.41) is 3.42. The highest BCUT2D eigenvalue weighted by molar-refractivity contribution is 7.09. The van der Waals surface area contributed by atoms with Crippen molar-refractivity contribution < 1.29 is 0 Å². The van der Waals surface area contributed by atoms with Gasteiger partial charge in [-0.2, -0.15) is 0 Å². The van der Waals surface area contributed by atoms with Gasteiger partial charge in [0.05, 0.1) is 10.7 Å². The van der Waals surface area contributed by atoms with Crippen molar-refractivity contribution in [3.63, 3.8) is 0 Å². The van der Waals surface area contributed by atoms with Gasteiger partial charge in [0.15, 0.2) is 0 Å². The largest absolute Gasteiger partial charge is 0.325 e. The molecule has 2 unspecified atom stereocenters. The summed E-state index contributed by atoms with van der Waals surface area (Å²) in [5.41, 5.74) is 7.91. The Kier molecular flexibility index (Phi) is 3.84. The molecule has 3 heteroatoms.